The zero-order chi connectivity index (χ0) is 5.11. The summed E-state index contributed by atoms with van der Waals surface area (Å²) >= 11 is 0. The van der Waals surface area contributed by atoms with Gasteiger partial charge in [0.05, 0.1) is 0 Å². The first-order valence-corrected chi connectivity index (χ1v) is 2.72. The van der Waals surface area contributed by atoms with Crippen molar-refractivity contribution in [3.05, 3.63) is 23.8 Å². The van der Waals surface area contributed by atoms with Crippen LogP contribution >= 0.6 is 0 Å². The lowest BCUT2D eigenvalue weighted by Gasteiger charge is -1.98. The second-order valence-corrected chi connectivity index (χ2v) is 1.98. The number of rotatable bonds is 0. The van der Waals surface area contributed by atoms with Gasteiger partial charge in [0.1, 0.15) is 0 Å². The lowest BCUT2D eigenvalue weighted by molar-refractivity contribution is 0.962. The van der Waals surface area contributed by atoms with Crippen molar-refractivity contribution in [1.82, 2.24) is 0 Å². The highest BCUT2D eigenvalue weighted by molar-refractivity contribution is 5.15. The molecule has 1 aliphatic rings. The van der Waals surface area contributed by atoms with Crippen molar-refractivity contribution in [3.8, 4) is 0 Å². The Labute approximate surface area is 51.9 Å². The van der Waals surface area contributed by atoms with Crippen LogP contribution in [-0.4, -0.2) is 0 Å². The number of hydrogen-bond acceptors (Lipinski definition) is 0. The molecule has 1 aliphatic carbocycles. The molecule has 0 saturated carbocycles. The minimum atomic E-state index is 0. The van der Waals surface area contributed by atoms with Gasteiger partial charge in [-0.05, 0) is 19.8 Å². The van der Waals surface area contributed by atoms with Crippen molar-refractivity contribution in [1.29, 1.82) is 0 Å². The molecule has 0 radical (unpaired) electrons. The van der Waals surface area contributed by atoms with Gasteiger partial charge in [0, 0.05) is 0 Å². The van der Waals surface area contributed by atoms with Crippen LogP contribution in [0, 0.1) is 0 Å². The Bertz CT molecular complexity index is 107. The van der Waals surface area contributed by atoms with Crippen LogP contribution in [0.1, 0.15) is 27.2 Å². The third kappa shape index (κ3) is 1.97. The van der Waals surface area contributed by atoms with Gasteiger partial charge in [0.15, 0.2) is 0 Å². The predicted octanol–water partition coefficient (Wildman–Crippen LogP) is 2.92. The first kappa shape index (κ1) is 7.48. The van der Waals surface area contributed by atoms with E-state index in [1.165, 1.54) is 18.4 Å². The third-order valence-corrected chi connectivity index (χ3v) is 1.22. The maximum Gasteiger partial charge on any atom is -0.0285 e. The fourth-order valence-electron chi connectivity index (χ4n) is 0.723. The first-order chi connectivity index (χ1) is 3.39. The highest BCUT2D eigenvalue weighted by atomic mass is 13.9. The molecular weight excluding hydrogens is 96.1 g/mol. The van der Waals surface area contributed by atoms with Crippen LogP contribution in [0.15, 0.2) is 23.8 Å². The van der Waals surface area contributed by atoms with Crippen LogP contribution in [0.2, 0.25) is 0 Å². The zero-order valence-corrected chi connectivity index (χ0v) is 4.65. The van der Waals surface area contributed by atoms with Crippen molar-refractivity contribution in [2.45, 2.75) is 27.2 Å². The summed E-state index contributed by atoms with van der Waals surface area (Å²) in [5.74, 6) is 0. The lowest BCUT2D eigenvalue weighted by Crippen LogP contribution is -1.78. The van der Waals surface area contributed by atoms with Crippen LogP contribution in [0.25, 0.3) is 0 Å². The van der Waals surface area contributed by atoms with E-state index in [2.05, 4.69) is 25.2 Å². The van der Waals surface area contributed by atoms with Crippen LogP contribution in [-0.2, 0) is 0 Å². The highest BCUT2D eigenvalue weighted by Crippen LogP contribution is 2.08. The molecule has 0 spiro atoms. The van der Waals surface area contributed by atoms with Gasteiger partial charge in [-0.15, -0.1) is 0 Å². The number of hydrogen-bond donors (Lipinski definition) is 0. The molecule has 0 fully saturated rings. The first-order valence-electron chi connectivity index (χ1n) is 2.72. The average molecular weight is 110 g/mol. The van der Waals surface area contributed by atoms with Crippen LogP contribution < -0.4 is 0 Å². The molecule has 1 rings (SSSR count). The van der Waals surface area contributed by atoms with E-state index in [0.29, 0.717) is 0 Å². The molecule has 0 heterocycles. The zero-order valence-electron chi connectivity index (χ0n) is 4.65. The Kier molecular flexibility index (Phi) is 3.25. The molecule has 0 aromatic heterocycles. The maximum absolute atomic E-state index is 2.20. The van der Waals surface area contributed by atoms with Gasteiger partial charge < -0.3 is 0 Å². The third-order valence-electron chi connectivity index (χ3n) is 1.22. The second-order valence-electron chi connectivity index (χ2n) is 1.98. The summed E-state index contributed by atoms with van der Waals surface area (Å²) in [4.78, 5) is 0. The Hall–Kier alpha value is -0.520. The van der Waals surface area contributed by atoms with E-state index in [9.17, 15) is 0 Å². The smallest absolute Gasteiger partial charge is 0.0285 e. The molecule has 0 N–H and O–H groups in total. The van der Waals surface area contributed by atoms with E-state index in [4.69, 9.17) is 0 Å². The predicted molar refractivity (Wildman–Crippen MR) is 38.9 cm³/mol. The summed E-state index contributed by atoms with van der Waals surface area (Å²) in [7, 11) is 0. The summed E-state index contributed by atoms with van der Waals surface area (Å²) in [6.07, 6.45) is 8.99. The summed E-state index contributed by atoms with van der Waals surface area (Å²) in [6, 6.07) is 0. The van der Waals surface area contributed by atoms with Gasteiger partial charge in [0.25, 0.3) is 0 Å². The van der Waals surface area contributed by atoms with Gasteiger partial charge in [-0.3, -0.25) is 0 Å². The van der Waals surface area contributed by atoms with E-state index >= 15 is 0 Å². The summed E-state index contributed by atoms with van der Waals surface area (Å²) in [5.41, 5.74) is 1.50. The minimum Gasteiger partial charge on any atom is -0.0842 e. The molecule has 0 aromatic carbocycles. The SMILES string of the molecule is C.CC1=CC=CCC1. The molecule has 0 unspecified atom stereocenters. The molecule has 0 heteroatoms. The molecule has 0 bridgehead atoms. The highest BCUT2D eigenvalue weighted by Gasteiger charge is 1.88. The summed E-state index contributed by atoms with van der Waals surface area (Å²) < 4.78 is 0. The lowest BCUT2D eigenvalue weighted by atomic mass is 10.1. The average Bonchev–Trinajstić information content (AvgIpc) is 1.69. The topological polar surface area (TPSA) is 0 Å². The molecule has 0 saturated heterocycles. The van der Waals surface area contributed by atoms with E-state index in [0.717, 1.165) is 0 Å². The standard InChI is InChI=1S/C7H10.CH4/c1-7-5-3-2-4-6-7;/h2-3,5H,4,6H2,1H3;1H4. The minimum absolute atomic E-state index is 0. The second kappa shape index (κ2) is 3.48. The Morgan fingerprint density at radius 1 is 1.50 bits per heavy atom. The quantitative estimate of drug-likeness (QED) is 0.449. The fourth-order valence-corrected chi connectivity index (χ4v) is 0.723. The van der Waals surface area contributed by atoms with Gasteiger partial charge >= 0.3 is 0 Å². The van der Waals surface area contributed by atoms with Crippen molar-refractivity contribution in [3.63, 3.8) is 0 Å². The van der Waals surface area contributed by atoms with E-state index in [1.54, 1.807) is 0 Å². The summed E-state index contributed by atoms with van der Waals surface area (Å²) in [5, 5.41) is 0. The van der Waals surface area contributed by atoms with E-state index < -0.39 is 0 Å². The van der Waals surface area contributed by atoms with E-state index in [1.807, 2.05) is 0 Å². The molecule has 0 aromatic rings. The normalized spacial score (nSPS) is 16.9. The van der Waals surface area contributed by atoms with Crippen molar-refractivity contribution < 1.29 is 0 Å². The van der Waals surface area contributed by atoms with Gasteiger partial charge in [-0.25, -0.2) is 0 Å². The molecular formula is C8H14. The molecule has 0 aliphatic heterocycles. The van der Waals surface area contributed by atoms with Crippen LogP contribution in [0.3, 0.4) is 0 Å². The largest absolute Gasteiger partial charge is 0.0842 e. The van der Waals surface area contributed by atoms with Gasteiger partial charge in [-0.2, -0.15) is 0 Å². The van der Waals surface area contributed by atoms with Crippen molar-refractivity contribution >= 4 is 0 Å². The molecule has 0 nitrogen and oxygen atoms in total. The maximum atomic E-state index is 2.20. The Morgan fingerprint density at radius 2 is 2.25 bits per heavy atom. The monoisotopic (exact) mass is 110 g/mol. The fraction of sp³-hybridized carbons (Fsp3) is 0.500. The molecule has 8 heavy (non-hydrogen) atoms. The van der Waals surface area contributed by atoms with Gasteiger partial charge in [0.2, 0.25) is 0 Å². The van der Waals surface area contributed by atoms with Crippen molar-refractivity contribution in [2.75, 3.05) is 0 Å². The van der Waals surface area contributed by atoms with Gasteiger partial charge in [-0.1, -0.05) is 31.2 Å². The Balaban J connectivity index is 0.000000490. The molecule has 0 amide bonds. The summed E-state index contributed by atoms with van der Waals surface area (Å²) in [6.45, 7) is 2.17. The van der Waals surface area contributed by atoms with E-state index in [-0.39, 0.29) is 7.43 Å². The number of allylic oxidation sites excluding steroid dienone is 4. The van der Waals surface area contributed by atoms with Crippen LogP contribution in [0.4, 0.5) is 0 Å². The van der Waals surface area contributed by atoms with Crippen molar-refractivity contribution in [2.24, 2.45) is 0 Å². The molecule has 46 valence electrons. The Morgan fingerprint density at radius 3 is 2.50 bits per heavy atom. The van der Waals surface area contributed by atoms with Crippen LogP contribution in [0.5, 0.6) is 0 Å². The molecule has 0 atom stereocenters.